The number of hydrogen-bond donors (Lipinski definition) is 0. The molecule has 0 saturated carbocycles. The lowest BCUT2D eigenvalue weighted by Crippen LogP contribution is -2.16. The second-order valence-corrected chi connectivity index (χ2v) is 7.02. The first kappa shape index (κ1) is 26.0. The van der Waals surface area contributed by atoms with E-state index in [1.165, 1.54) is 48.5 Å². The summed E-state index contributed by atoms with van der Waals surface area (Å²) < 4.78 is 80.3. The lowest BCUT2D eigenvalue weighted by Gasteiger charge is -2.07. The predicted octanol–water partition coefficient (Wildman–Crippen LogP) is 7.62. The minimum Gasteiger partial charge on any atom is -0.406 e. The van der Waals surface area contributed by atoms with Crippen molar-refractivity contribution >= 4 is 0 Å². The van der Waals surface area contributed by atoms with Crippen molar-refractivity contribution in [3.8, 4) is 35.2 Å². The van der Waals surface area contributed by atoms with Crippen molar-refractivity contribution in [1.82, 2.24) is 0 Å². The molecule has 176 valence electrons. The number of benzene rings is 2. The molecule has 0 aliphatic rings. The van der Waals surface area contributed by atoms with Crippen LogP contribution in [0.4, 0.5) is 26.3 Å². The van der Waals surface area contributed by atoms with E-state index in [-0.39, 0.29) is 11.5 Å². The first-order chi connectivity index (χ1) is 15.6. The van der Waals surface area contributed by atoms with E-state index in [4.69, 9.17) is 0 Å². The standard InChI is InChI=1S/C25H22F6O2/c26-24(27,28)32-22-16-12-20(13-17-22)10-8-6-4-2-1-3-5-7-9-11-21-14-18-23(19-15-21)33-25(29,30)31/h12-19H,1-7H2. The van der Waals surface area contributed by atoms with Gasteiger partial charge in [0.2, 0.25) is 0 Å². The lowest BCUT2D eigenvalue weighted by molar-refractivity contribution is -0.275. The van der Waals surface area contributed by atoms with Gasteiger partial charge in [-0.3, -0.25) is 0 Å². The fourth-order valence-corrected chi connectivity index (χ4v) is 2.77. The summed E-state index contributed by atoms with van der Waals surface area (Å²) in [5, 5.41) is 0. The molecule has 0 aromatic heterocycles. The third-order valence-corrected chi connectivity index (χ3v) is 4.24. The third-order valence-electron chi connectivity index (χ3n) is 4.24. The highest BCUT2D eigenvalue weighted by molar-refractivity contribution is 5.39. The van der Waals surface area contributed by atoms with Gasteiger partial charge in [0.25, 0.3) is 0 Å². The normalized spacial score (nSPS) is 11.1. The summed E-state index contributed by atoms with van der Waals surface area (Å²) >= 11 is 0. The number of halogens is 6. The number of rotatable bonds is 8. The van der Waals surface area contributed by atoms with Gasteiger partial charge in [-0.05, 0) is 61.4 Å². The maximum atomic E-state index is 12.1. The van der Waals surface area contributed by atoms with Gasteiger partial charge in [-0.2, -0.15) is 0 Å². The minimum absolute atomic E-state index is 0.272. The van der Waals surface area contributed by atoms with Crippen LogP contribution in [0.5, 0.6) is 11.5 Å². The molecule has 33 heavy (non-hydrogen) atoms. The van der Waals surface area contributed by atoms with Crippen LogP contribution in [0, 0.1) is 23.7 Å². The Labute approximate surface area is 188 Å². The highest BCUT2D eigenvalue weighted by atomic mass is 19.4. The van der Waals surface area contributed by atoms with Crippen molar-refractivity contribution in [1.29, 1.82) is 0 Å². The van der Waals surface area contributed by atoms with Crippen LogP contribution in [0.15, 0.2) is 48.5 Å². The molecule has 0 radical (unpaired) electrons. The molecule has 0 aliphatic carbocycles. The number of hydrogen-bond acceptors (Lipinski definition) is 2. The van der Waals surface area contributed by atoms with Crippen LogP contribution in [0.1, 0.15) is 56.1 Å². The molecule has 0 heterocycles. The van der Waals surface area contributed by atoms with E-state index in [1.54, 1.807) is 0 Å². The van der Waals surface area contributed by atoms with Crippen LogP contribution in [-0.4, -0.2) is 12.7 Å². The van der Waals surface area contributed by atoms with Gasteiger partial charge < -0.3 is 9.47 Å². The van der Waals surface area contributed by atoms with Gasteiger partial charge in [0.05, 0.1) is 0 Å². The summed E-state index contributed by atoms with van der Waals surface area (Å²) in [6.07, 6.45) is -3.07. The van der Waals surface area contributed by atoms with Crippen LogP contribution < -0.4 is 9.47 Å². The monoisotopic (exact) mass is 468 g/mol. The molecule has 0 unspecified atom stereocenters. The average molecular weight is 468 g/mol. The molecule has 2 nitrogen and oxygen atoms in total. The summed E-state index contributed by atoms with van der Waals surface area (Å²) in [6.45, 7) is 0. The van der Waals surface area contributed by atoms with Gasteiger partial charge in [-0.1, -0.05) is 42.9 Å². The molecule has 2 rings (SSSR count). The molecule has 0 atom stereocenters. The van der Waals surface area contributed by atoms with Crippen LogP contribution in [0.2, 0.25) is 0 Å². The molecule has 0 amide bonds. The highest BCUT2D eigenvalue weighted by Crippen LogP contribution is 2.23. The molecule has 0 N–H and O–H groups in total. The predicted molar refractivity (Wildman–Crippen MR) is 112 cm³/mol. The molecule has 0 saturated heterocycles. The molecule has 2 aromatic carbocycles. The van der Waals surface area contributed by atoms with E-state index in [0.717, 1.165) is 32.1 Å². The molecular weight excluding hydrogens is 446 g/mol. The number of alkyl halides is 6. The Balaban J connectivity index is 1.55. The minimum atomic E-state index is -4.70. The number of ether oxygens (including phenoxy) is 2. The van der Waals surface area contributed by atoms with E-state index < -0.39 is 12.7 Å². The fraction of sp³-hybridized carbons (Fsp3) is 0.360. The van der Waals surface area contributed by atoms with Crippen molar-refractivity contribution < 1.29 is 35.8 Å². The average Bonchev–Trinajstić information content (AvgIpc) is 2.72. The van der Waals surface area contributed by atoms with E-state index in [2.05, 4.69) is 33.2 Å². The Morgan fingerprint density at radius 2 is 0.848 bits per heavy atom. The van der Waals surface area contributed by atoms with Gasteiger partial charge in [0.15, 0.2) is 0 Å². The van der Waals surface area contributed by atoms with Crippen molar-refractivity contribution in [3.63, 3.8) is 0 Å². The molecule has 8 heteroatoms. The van der Waals surface area contributed by atoms with Crippen molar-refractivity contribution in [2.75, 3.05) is 0 Å². The van der Waals surface area contributed by atoms with Gasteiger partial charge in [-0.25, -0.2) is 0 Å². The Morgan fingerprint density at radius 3 is 1.18 bits per heavy atom. The van der Waals surface area contributed by atoms with E-state index in [1.807, 2.05) is 0 Å². The maximum absolute atomic E-state index is 12.1. The Kier molecular flexibility index (Phi) is 10.00. The topological polar surface area (TPSA) is 18.5 Å². The largest absolute Gasteiger partial charge is 0.573 e. The zero-order valence-electron chi connectivity index (χ0n) is 17.7. The van der Waals surface area contributed by atoms with Crippen molar-refractivity contribution in [3.05, 3.63) is 59.7 Å². The summed E-state index contributed by atoms with van der Waals surface area (Å²) in [5.41, 5.74) is 1.26. The van der Waals surface area contributed by atoms with Crippen molar-refractivity contribution in [2.45, 2.75) is 57.7 Å². The van der Waals surface area contributed by atoms with Crippen LogP contribution >= 0.6 is 0 Å². The van der Waals surface area contributed by atoms with E-state index in [0.29, 0.717) is 24.0 Å². The van der Waals surface area contributed by atoms with Crippen molar-refractivity contribution in [2.24, 2.45) is 0 Å². The van der Waals surface area contributed by atoms with Crippen LogP contribution in [-0.2, 0) is 0 Å². The van der Waals surface area contributed by atoms with Gasteiger partial charge in [0, 0.05) is 24.0 Å². The Morgan fingerprint density at radius 1 is 0.515 bits per heavy atom. The Bertz CT molecular complexity index is 888. The van der Waals surface area contributed by atoms with Crippen LogP contribution in [0.25, 0.3) is 0 Å². The summed E-state index contributed by atoms with van der Waals surface area (Å²) in [4.78, 5) is 0. The van der Waals surface area contributed by atoms with Gasteiger partial charge >= 0.3 is 12.7 Å². The second-order valence-electron chi connectivity index (χ2n) is 7.02. The maximum Gasteiger partial charge on any atom is 0.573 e. The fourth-order valence-electron chi connectivity index (χ4n) is 2.77. The second kappa shape index (κ2) is 12.7. The molecule has 0 fully saturated rings. The quantitative estimate of drug-likeness (QED) is 0.225. The summed E-state index contributed by atoms with van der Waals surface area (Å²) in [7, 11) is 0. The lowest BCUT2D eigenvalue weighted by atomic mass is 10.1. The van der Waals surface area contributed by atoms with E-state index >= 15 is 0 Å². The first-order valence-corrected chi connectivity index (χ1v) is 10.3. The van der Waals surface area contributed by atoms with Gasteiger partial charge in [-0.15, -0.1) is 26.3 Å². The first-order valence-electron chi connectivity index (χ1n) is 10.3. The molecule has 0 spiro atoms. The number of unbranched alkanes of at least 4 members (excludes halogenated alkanes) is 6. The molecule has 2 aromatic rings. The SMILES string of the molecule is FC(F)(F)Oc1ccc(C#CCCCCCCCC#Cc2ccc(OC(F)(F)F)cc2)cc1. The summed E-state index contributed by atoms with van der Waals surface area (Å²) in [5.74, 6) is 11.3. The third kappa shape index (κ3) is 12.4. The Hall–Kier alpha value is -3.26. The molecule has 0 aliphatic heterocycles. The summed E-state index contributed by atoms with van der Waals surface area (Å²) in [6, 6.07) is 10.9. The zero-order valence-corrected chi connectivity index (χ0v) is 17.7. The highest BCUT2D eigenvalue weighted by Gasteiger charge is 2.31. The van der Waals surface area contributed by atoms with Crippen LogP contribution in [0.3, 0.4) is 0 Å². The van der Waals surface area contributed by atoms with E-state index in [9.17, 15) is 26.3 Å². The molecular formula is C25H22F6O2. The van der Waals surface area contributed by atoms with Gasteiger partial charge in [0.1, 0.15) is 11.5 Å². The zero-order chi connectivity index (χ0) is 24.2. The smallest absolute Gasteiger partial charge is 0.406 e. The molecule has 0 bridgehead atoms.